The number of pyridine rings is 1. The maximum Gasteiger partial charge on any atom is 0.186 e. The molecule has 0 amide bonds. The standard InChI is InChI=1S/C50H29N5O2/c1-5-16-41-35(12-1)36-13-2-6-17-42(36)55(41)34-23-20-30(21-24-34)31-10-9-11-32(28-31)48-52-49(33-22-25-39-37-14-3-7-18-43(37)56-45(39)29-33)54-50(53-48)46-47-40(26-27-51-46)38-15-4-8-19-44(38)57-47/h1-29H. The second-order valence-electron chi connectivity index (χ2n) is 14.2. The van der Waals surface area contributed by atoms with Crippen LogP contribution in [-0.2, 0) is 0 Å². The Morgan fingerprint density at radius 3 is 1.67 bits per heavy atom. The third kappa shape index (κ3) is 4.99. The minimum absolute atomic E-state index is 0.422. The molecule has 5 aromatic heterocycles. The minimum Gasteiger partial charge on any atom is -0.456 e. The van der Waals surface area contributed by atoms with Crippen molar-refractivity contribution in [2.45, 2.75) is 0 Å². The molecule has 0 spiro atoms. The second-order valence-corrected chi connectivity index (χ2v) is 14.2. The van der Waals surface area contributed by atoms with Gasteiger partial charge in [0, 0.05) is 55.3 Å². The summed E-state index contributed by atoms with van der Waals surface area (Å²) in [5, 5.41) is 6.55. The lowest BCUT2D eigenvalue weighted by molar-refractivity contribution is 0.667. The fourth-order valence-corrected chi connectivity index (χ4v) is 8.26. The summed E-state index contributed by atoms with van der Waals surface area (Å²) in [6, 6.07) is 58.4. The molecule has 7 nitrogen and oxygen atoms in total. The van der Waals surface area contributed by atoms with E-state index in [0.717, 1.165) is 66.2 Å². The Morgan fingerprint density at radius 1 is 0.368 bits per heavy atom. The molecule has 57 heavy (non-hydrogen) atoms. The SMILES string of the molecule is c1cc(-c2ccc(-n3c4ccccc4c4ccccc43)cc2)cc(-c2nc(-c3ccc4c(c3)oc3ccccc34)nc(-c3nccc4c3oc3ccccc34)n2)c1. The highest BCUT2D eigenvalue weighted by atomic mass is 16.3. The first-order valence-corrected chi connectivity index (χ1v) is 18.9. The van der Waals surface area contributed by atoms with E-state index in [9.17, 15) is 0 Å². The number of hydrogen-bond acceptors (Lipinski definition) is 6. The number of furan rings is 2. The summed E-state index contributed by atoms with van der Waals surface area (Å²) >= 11 is 0. The van der Waals surface area contributed by atoms with Gasteiger partial charge in [-0.1, -0.05) is 109 Å². The van der Waals surface area contributed by atoms with Gasteiger partial charge in [-0.05, 0) is 71.8 Å². The van der Waals surface area contributed by atoms with E-state index in [1.165, 1.54) is 21.8 Å². The smallest absolute Gasteiger partial charge is 0.186 e. The van der Waals surface area contributed by atoms with Crippen molar-refractivity contribution in [3.63, 3.8) is 0 Å². The average Bonchev–Trinajstić information content (AvgIpc) is 3.96. The predicted octanol–water partition coefficient (Wildman–Crippen LogP) is 12.8. The highest BCUT2D eigenvalue weighted by Gasteiger charge is 2.20. The molecular weight excluding hydrogens is 703 g/mol. The molecule has 7 aromatic carbocycles. The van der Waals surface area contributed by atoms with Gasteiger partial charge in [0.15, 0.2) is 28.8 Å². The van der Waals surface area contributed by atoms with Crippen LogP contribution < -0.4 is 0 Å². The third-order valence-electron chi connectivity index (χ3n) is 10.9. The highest BCUT2D eigenvalue weighted by Crippen LogP contribution is 2.37. The predicted molar refractivity (Wildman–Crippen MR) is 228 cm³/mol. The fourth-order valence-electron chi connectivity index (χ4n) is 8.26. The van der Waals surface area contributed by atoms with Crippen LogP contribution in [0.2, 0.25) is 0 Å². The van der Waals surface area contributed by atoms with Crippen LogP contribution in [0.25, 0.3) is 117 Å². The Balaban J connectivity index is 0.994. The van der Waals surface area contributed by atoms with Gasteiger partial charge in [0.25, 0.3) is 0 Å². The molecule has 0 unspecified atom stereocenters. The van der Waals surface area contributed by atoms with Gasteiger partial charge in [0.1, 0.15) is 16.7 Å². The summed E-state index contributed by atoms with van der Waals surface area (Å²) in [5.41, 5.74) is 10.8. The largest absolute Gasteiger partial charge is 0.456 e. The summed E-state index contributed by atoms with van der Waals surface area (Å²) in [4.78, 5) is 20.0. The van der Waals surface area contributed by atoms with Crippen molar-refractivity contribution >= 4 is 65.7 Å². The Bertz CT molecular complexity index is 3490. The van der Waals surface area contributed by atoms with Gasteiger partial charge in [-0.2, -0.15) is 0 Å². The second kappa shape index (κ2) is 12.3. The van der Waals surface area contributed by atoms with Crippen molar-refractivity contribution in [1.82, 2.24) is 24.5 Å². The first kappa shape index (κ1) is 31.5. The van der Waals surface area contributed by atoms with Crippen LogP contribution in [0.1, 0.15) is 0 Å². The third-order valence-corrected chi connectivity index (χ3v) is 10.9. The van der Waals surface area contributed by atoms with E-state index in [1.807, 2.05) is 66.7 Å². The van der Waals surface area contributed by atoms with Gasteiger partial charge < -0.3 is 13.4 Å². The average molecular weight is 732 g/mol. The summed E-state index contributed by atoms with van der Waals surface area (Å²) in [6.07, 6.45) is 1.78. The molecule has 0 aliphatic heterocycles. The Labute approximate surface area is 325 Å². The summed E-state index contributed by atoms with van der Waals surface area (Å²) in [5.74, 6) is 1.46. The number of rotatable bonds is 5. The highest BCUT2D eigenvalue weighted by molar-refractivity contribution is 6.10. The van der Waals surface area contributed by atoms with E-state index in [0.29, 0.717) is 28.8 Å². The van der Waals surface area contributed by atoms with E-state index in [4.69, 9.17) is 28.8 Å². The number of para-hydroxylation sites is 4. The van der Waals surface area contributed by atoms with Gasteiger partial charge in [0.05, 0.1) is 11.0 Å². The molecule has 0 fully saturated rings. The van der Waals surface area contributed by atoms with Crippen molar-refractivity contribution in [2.24, 2.45) is 0 Å². The quantitative estimate of drug-likeness (QED) is 0.175. The minimum atomic E-state index is 0.422. The monoisotopic (exact) mass is 731 g/mol. The molecule has 7 heteroatoms. The Kier molecular flexibility index (Phi) is 6.79. The molecule has 0 aliphatic carbocycles. The summed E-state index contributed by atoms with van der Waals surface area (Å²) in [7, 11) is 0. The molecule has 0 bridgehead atoms. The number of benzene rings is 7. The van der Waals surface area contributed by atoms with Gasteiger partial charge in [-0.3, -0.25) is 0 Å². The lowest BCUT2D eigenvalue weighted by Crippen LogP contribution is -2.01. The van der Waals surface area contributed by atoms with Crippen LogP contribution in [0.15, 0.2) is 185 Å². The summed E-state index contributed by atoms with van der Waals surface area (Å²) in [6.45, 7) is 0. The molecule has 0 aliphatic rings. The fraction of sp³-hybridized carbons (Fsp3) is 0. The Morgan fingerprint density at radius 2 is 0.930 bits per heavy atom. The molecule has 5 heterocycles. The zero-order valence-electron chi connectivity index (χ0n) is 30.3. The van der Waals surface area contributed by atoms with E-state index < -0.39 is 0 Å². The molecule has 0 atom stereocenters. The molecule has 0 saturated heterocycles. The van der Waals surface area contributed by atoms with Crippen LogP contribution in [0, 0.1) is 0 Å². The molecule has 0 saturated carbocycles. The van der Waals surface area contributed by atoms with Crippen LogP contribution >= 0.6 is 0 Å². The van der Waals surface area contributed by atoms with Crippen molar-refractivity contribution in [3.05, 3.63) is 176 Å². The van der Waals surface area contributed by atoms with Gasteiger partial charge >= 0.3 is 0 Å². The molecule has 266 valence electrons. The first-order chi connectivity index (χ1) is 28.2. The van der Waals surface area contributed by atoms with Crippen molar-refractivity contribution in [3.8, 4) is 51.1 Å². The van der Waals surface area contributed by atoms with E-state index >= 15 is 0 Å². The number of fused-ring (bicyclic) bond motifs is 9. The van der Waals surface area contributed by atoms with E-state index in [1.54, 1.807) is 6.20 Å². The number of nitrogens with zero attached hydrogens (tertiary/aromatic N) is 5. The maximum absolute atomic E-state index is 6.40. The van der Waals surface area contributed by atoms with Crippen LogP contribution in [-0.4, -0.2) is 24.5 Å². The zero-order chi connectivity index (χ0) is 37.5. The first-order valence-electron chi connectivity index (χ1n) is 18.9. The van der Waals surface area contributed by atoms with Gasteiger partial charge in [-0.25, -0.2) is 19.9 Å². The Hall–Kier alpha value is -7.90. The normalized spacial score (nSPS) is 11.9. The van der Waals surface area contributed by atoms with E-state index in [-0.39, 0.29) is 0 Å². The van der Waals surface area contributed by atoms with Gasteiger partial charge in [-0.15, -0.1) is 0 Å². The molecular formula is C50H29N5O2. The molecule has 0 radical (unpaired) electrons. The van der Waals surface area contributed by atoms with Crippen LogP contribution in [0.4, 0.5) is 0 Å². The zero-order valence-corrected chi connectivity index (χ0v) is 30.3. The van der Waals surface area contributed by atoms with Crippen LogP contribution in [0.3, 0.4) is 0 Å². The topological polar surface area (TPSA) is 82.8 Å². The van der Waals surface area contributed by atoms with Crippen molar-refractivity contribution in [2.75, 3.05) is 0 Å². The number of hydrogen-bond donors (Lipinski definition) is 0. The van der Waals surface area contributed by atoms with Crippen LogP contribution in [0.5, 0.6) is 0 Å². The molecule has 12 aromatic rings. The number of aromatic nitrogens is 5. The maximum atomic E-state index is 6.40. The lowest BCUT2D eigenvalue weighted by Gasteiger charge is -2.11. The van der Waals surface area contributed by atoms with E-state index in [2.05, 4.69) is 108 Å². The molecule has 0 N–H and O–H groups in total. The van der Waals surface area contributed by atoms with Crippen molar-refractivity contribution in [1.29, 1.82) is 0 Å². The molecule has 12 rings (SSSR count). The lowest BCUT2D eigenvalue weighted by atomic mass is 10.0. The summed E-state index contributed by atoms with van der Waals surface area (Å²) < 4.78 is 15.0. The van der Waals surface area contributed by atoms with Crippen molar-refractivity contribution < 1.29 is 8.83 Å². The van der Waals surface area contributed by atoms with Gasteiger partial charge in [0.2, 0.25) is 0 Å².